The molecule has 4 rings (SSSR count). The Kier molecular flexibility index (Phi) is 5.03. The van der Waals surface area contributed by atoms with Crippen molar-refractivity contribution in [2.75, 3.05) is 26.1 Å². The number of carbonyl (C=O) groups excluding carboxylic acids is 1. The lowest BCUT2D eigenvalue weighted by atomic mass is 9.98. The van der Waals surface area contributed by atoms with Crippen molar-refractivity contribution < 1.29 is 18.8 Å². The van der Waals surface area contributed by atoms with Crippen molar-refractivity contribution in [1.29, 1.82) is 0 Å². The SMILES string of the molecule is COc1cc2c(cc1OC)CN(C(=O)c1cnc(Nc3cc(C)on3)nc1)CC2. The third-order valence-corrected chi connectivity index (χ3v) is 4.77. The summed E-state index contributed by atoms with van der Waals surface area (Å²) in [4.78, 5) is 23.1. The molecule has 0 saturated heterocycles. The van der Waals surface area contributed by atoms with E-state index in [0.717, 1.165) is 17.5 Å². The predicted octanol–water partition coefficient (Wildman–Crippen LogP) is 2.73. The minimum absolute atomic E-state index is 0.116. The molecular formula is C20H21N5O4. The van der Waals surface area contributed by atoms with Crippen LogP contribution < -0.4 is 14.8 Å². The highest BCUT2D eigenvalue weighted by Crippen LogP contribution is 2.33. The van der Waals surface area contributed by atoms with Crippen LogP contribution >= 0.6 is 0 Å². The molecule has 1 aliphatic rings. The number of methoxy groups -OCH3 is 2. The highest BCUT2D eigenvalue weighted by molar-refractivity contribution is 5.93. The van der Waals surface area contributed by atoms with Crippen molar-refractivity contribution in [2.45, 2.75) is 19.9 Å². The summed E-state index contributed by atoms with van der Waals surface area (Å²) < 4.78 is 15.7. The van der Waals surface area contributed by atoms with E-state index in [1.807, 2.05) is 12.1 Å². The maximum atomic E-state index is 12.9. The van der Waals surface area contributed by atoms with Crippen molar-refractivity contribution >= 4 is 17.7 Å². The molecule has 150 valence electrons. The molecule has 2 aromatic heterocycles. The Labute approximate surface area is 167 Å². The van der Waals surface area contributed by atoms with Crippen LogP contribution in [0.3, 0.4) is 0 Å². The van der Waals surface area contributed by atoms with Gasteiger partial charge in [-0.25, -0.2) is 9.97 Å². The molecule has 9 heteroatoms. The van der Waals surface area contributed by atoms with Gasteiger partial charge in [0.1, 0.15) is 5.76 Å². The molecule has 1 aliphatic heterocycles. The van der Waals surface area contributed by atoms with Gasteiger partial charge in [0.15, 0.2) is 17.3 Å². The quantitative estimate of drug-likeness (QED) is 0.703. The smallest absolute Gasteiger partial charge is 0.257 e. The van der Waals surface area contributed by atoms with Gasteiger partial charge in [-0.1, -0.05) is 5.16 Å². The average molecular weight is 395 g/mol. The number of nitrogens with zero attached hydrogens (tertiary/aromatic N) is 4. The van der Waals surface area contributed by atoms with Gasteiger partial charge >= 0.3 is 0 Å². The van der Waals surface area contributed by atoms with Crippen LogP contribution in [0.1, 0.15) is 27.2 Å². The Bertz CT molecular complexity index is 1030. The predicted molar refractivity (Wildman–Crippen MR) is 105 cm³/mol. The summed E-state index contributed by atoms with van der Waals surface area (Å²) in [5, 5.41) is 6.76. The molecule has 0 bridgehead atoms. The van der Waals surface area contributed by atoms with Gasteiger partial charge in [-0.05, 0) is 36.6 Å². The van der Waals surface area contributed by atoms with E-state index in [9.17, 15) is 4.79 Å². The number of ether oxygens (including phenoxy) is 2. The Morgan fingerprint density at radius 3 is 2.41 bits per heavy atom. The highest BCUT2D eigenvalue weighted by Gasteiger charge is 2.24. The lowest BCUT2D eigenvalue weighted by Crippen LogP contribution is -2.36. The van der Waals surface area contributed by atoms with Crippen LogP contribution in [0.5, 0.6) is 11.5 Å². The molecule has 1 N–H and O–H groups in total. The third kappa shape index (κ3) is 3.84. The van der Waals surface area contributed by atoms with E-state index in [1.165, 1.54) is 12.4 Å². The maximum Gasteiger partial charge on any atom is 0.257 e. The fourth-order valence-electron chi connectivity index (χ4n) is 3.28. The molecule has 1 aromatic carbocycles. The molecule has 0 unspecified atom stereocenters. The average Bonchev–Trinajstić information content (AvgIpc) is 3.16. The second-order valence-electron chi connectivity index (χ2n) is 6.70. The monoisotopic (exact) mass is 395 g/mol. The van der Waals surface area contributed by atoms with E-state index in [1.54, 1.807) is 32.1 Å². The first kappa shape index (κ1) is 18.7. The molecule has 0 aliphatic carbocycles. The largest absolute Gasteiger partial charge is 0.493 e. The first-order valence-corrected chi connectivity index (χ1v) is 9.13. The van der Waals surface area contributed by atoms with Crippen LogP contribution in [-0.4, -0.2) is 46.7 Å². The van der Waals surface area contributed by atoms with Crippen molar-refractivity contribution in [3.05, 3.63) is 53.0 Å². The van der Waals surface area contributed by atoms with Crippen LogP contribution in [0.2, 0.25) is 0 Å². The fraction of sp³-hybridized carbons (Fsp3) is 0.300. The number of carbonyl (C=O) groups is 1. The van der Waals surface area contributed by atoms with E-state index in [-0.39, 0.29) is 5.91 Å². The van der Waals surface area contributed by atoms with Crippen molar-refractivity contribution in [3.8, 4) is 11.5 Å². The van der Waals surface area contributed by atoms with E-state index >= 15 is 0 Å². The van der Waals surface area contributed by atoms with Gasteiger partial charge in [0.05, 0.1) is 19.8 Å². The zero-order valence-electron chi connectivity index (χ0n) is 16.4. The number of rotatable bonds is 5. The molecule has 0 atom stereocenters. The highest BCUT2D eigenvalue weighted by atomic mass is 16.5. The van der Waals surface area contributed by atoms with E-state index in [0.29, 0.717) is 47.7 Å². The molecule has 9 nitrogen and oxygen atoms in total. The fourth-order valence-corrected chi connectivity index (χ4v) is 3.28. The zero-order chi connectivity index (χ0) is 20.4. The minimum Gasteiger partial charge on any atom is -0.493 e. The summed E-state index contributed by atoms with van der Waals surface area (Å²) in [5.74, 6) is 2.77. The summed E-state index contributed by atoms with van der Waals surface area (Å²) in [7, 11) is 3.22. The molecule has 0 radical (unpaired) electrons. The Balaban J connectivity index is 1.47. The second-order valence-corrected chi connectivity index (χ2v) is 6.70. The third-order valence-electron chi connectivity index (χ3n) is 4.77. The second kappa shape index (κ2) is 7.78. The van der Waals surface area contributed by atoms with Gasteiger partial charge in [-0.15, -0.1) is 0 Å². The Morgan fingerprint density at radius 2 is 1.79 bits per heavy atom. The summed E-state index contributed by atoms with van der Waals surface area (Å²) in [6.45, 7) is 2.90. The number of fused-ring (bicyclic) bond motifs is 1. The topological polar surface area (TPSA) is 103 Å². The molecule has 3 heterocycles. The maximum absolute atomic E-state index is 12.9. The number of hydrogen-bond acceptors (Lipinski definition) is 8. The molecule has 0 fully saturated rings. The molecule has 0 saturated carbocycles. The number of aryl methyl sites for hydroxylation is 1. The van der Waals surface area contributed by atoms with E-state index in [2.05, 4.69) is 20.4 Å². The number of anilines is 2. The van der Waals surface area contributed by atoms with Crippen molar-refractivity contribution in [1.82, 2.24) is 20.0 Å². The number of hydrogen-bond donors (Lipinski definition) is 1. The standard InChI is InChI=1S/C20H21N5O4/c1-12-6-18(24-29-12)23-20-21-9-15(10-22-20)19(26)25-5-4-13-7-16(27-2)17(28-3)8-14(13)11-25/h6-10H,4-5,11H2,1-3H3,(H,21,22,23,24). The van der Waals surface area contributed by atoms with Gasteiger partial charge in [0.25, 0.3) is 5.91 Å². The molecule has 0 spiro atoms. The van der Waals surface area contributed by atoms with Crippen LogP contribution in [-0.2, 0) is 13.0 Å². The first-order chi connectivity index (χ1) is 14.1. The number of benzene rings is 1. The van der Waals surface area contributed by atoms with Crippen LogP contribution in [0.4, 0.5) is 11.8 Å². The van der Waals surface area contributed by atoms with Gasteiger partial charge in [-0.2, -0.15) is 0 Å². The summed E-state index contributed by atoms with van der Waals surface area (Å²) >= 11 is 0. The lowest BCUT2D eigenvalue weighted by molar-refractivity contribution is 0.0733. The van der Waals surface area contributed by atoms with E-state index < -0.39 is 0 Å². The number of nitrogens with one attached hydrogen (secondary N) is 1. The van der Waals surface area contributed by atoms with Gasteiger partial charge in [-0.3, -0.25) is 4.79 Å². The van der Waals surface area contributed by atoms with Gasteiger partial charge in [0.2, 0.25) is 5.95 Å². The molecule has 3 aromatic rings. The van der Waals surface area contributed by atoms with E-state index in [4.69, 9.17) is 14.0 Å². The molecule has 1 amide bonds. The Hall–Kier alpha value is -3.62. The first-order valence-electron chi connectivity index (χ1n) is 9.13. The van der Waals surface area contributed by atoms with Crippen molar-refractivity contribution in [3.63, 3.8) is 0 Å². The lowest BCUT2D eigenvalue weighted by Gasteiger charge is -2.29. The van der Waals surface area contributed by atoms with Crippen LogP contribution in [0, 0.1) is 6.92 Å². The van der Waals surface area contributed by atoms with Crippen molar-refractivity contribution in [2.24, 2.45) is 0 Å². The number of amides is 1. The summed E-state index contributed by atoms with van der Waals surface area (Å²) in [5.41, 5.74) is 2.63. The van der Waals surface area contributed by atoms with Crippen LogP contribution in [0.25, 0.3) is 0 Å². The van der Waals surface area contributed by atoms with Gasteiger partial charge < -0.3 is 24.2 Å². The van der Waals surface area contributed by atoms with Crippen LogP contribution in [0.15, 0.2) is 35.1 Å². The Morgan fingerprint density at radius 1 is 1.10 bits per heavy atom. The summed E-state index contributed by atoms with van der Waals surface area (Å²) in [6, 6.07) is 5.64. The molecule has 29 heavy (non-hydrogen) atoms. The minimum atomic E-state index is -0.116. The normalized spacial score (nSPS) is 13.0. The van der Waals surface area contributed by atoms with Gasteiger partial charge in [0, 0.05) is 31.5 Å². The zero-order valence-corrected chi connectivity index (χ0v) is 16.4. The summed E-state index contributed by atoms with van der Waals surface area (Å²) in [6.07, 6.45) is 3.76. The molecular weight excluding hydrogens is 374 g/mol. The number of aromatic nitrogens is 3.